The molecule has 1 aromatic rings. The van der Waals surface area contributed by atoms with E-state index in [1.165, 1.54) is 142 Å². The van der Waals surface area contributed by atoms with Crippen molar-refractivity contribution in [2.45, 2.75) is 136 Å². The fourth-order valence-electron chi connectivity index (χ4n) is 4.44. The molecule has 0 aliphatic heterocycles. The summed E-state index contributed by atoms with van der Waals surface area (Å²) in [6.45, 7) is 11.0. The van der Waals surface area contributed by atoms with Crippen molar-refractivity contribution in [1.29, 1.82) is 0 Å². The van der Waals surface area contributed by atoms with Gasteiger partial charge in [-0.1, -0.05) is 129 Å². The quantitative estimate of drug-likeness (QED) is 0.121. The average molecular weight is 522 g/mol. The maximum absolute atomic E-state index is 9.24. The van der Waals surface area contributed by atoms with E-state index < -0.39 is 0 Å². The number of rotatable bonds is 22. The molecule has 0 heterocycles. The van der Waals surface area contributed by atoms with E-state index >= 15 is 0 Å². The maximum Gasteiger partial charge on any atom is 0.194 e. The van der Waals surface area contributed by atoms with Crippen LogP contribution >= 0.6 is 12.2 Å². The van der Waals surface area contributed by atoms with Crippen LogP contribution in [0.15, 0.2) is 24.3 Å². The summed E-state index contributed by atoms with van der Waals surface area (Å²) in [5, 5.41) is 9.55. The second-order valence-corrected chi connectivity index (χ2v) is 10.5. The average Bonchev–Trinajstić information content (AvgIpc) is 2.89. The molecule has 0 unspecified atom stereocenters. The fourth-order valence-corrected chi connectivity index (χ4v) is 4.61. The van der Waals surface area contributed by atoms with Gasteiger partial charge in [-0.2, -0.15) is 0 Å². The van der Waals surface area contributed by atoms with Gasteiger partial charge in [-0.25, -0.2) is 0 Å². The molecule has 0 aliphatic rings. The molecule has 1 aromatic carbocycles. The van der Waals surface area contributed by atoms with Crippen LogP contribution in [0.1, 0.15) is 142 Å². The van der Waals surface area contributed by atoms with Crippen molar-refractivity contribution >= 4 is 17.3 Å². The normalized spacial score (nSPS) is 10.8. The highest BCUT2D eigenvalue weighted by Crippen LogP contribution is 2.16. The molecule has 1 N–H and O–H groups in total. The van der Waals surface area contributed by atoms with Gasteiger partial charge < -0.3 is 14.7 Å². The molecule has 36 heavy (non-hydrogen) atoms. The number of phenols is 1. The van der Waals surface area contributed by atoms with Gasteiger partial charge in [0.1, 0.15) is 5.75 Å². The van der Waals surface area contributed by atoms with Crippen LogP contribution in [0, 0.1) is 0 Å². The first-order valence-corrected chi connectivity index (χ1v) is 15.6. The highest BCUT2D eigenvalue weighted by molar-refractivity contribution is 7.80. The molecule has 0 radical (unpaired) electrons. The van der Waals surface area contributed by atoms with Gasteiger partial charge in [0.15, 0.2) is 5.05 Å². The highest BCUT2D eigenvalue weighted by Gasteiger charge is 2.05. The Hall–Kier alpha value is -1.13. The van der Waals surface area contributed by atoms with E-state index in [0.29, 0.717) is 10.6 Å². The molecular weight excluding hydrogens is 462 g/mol. The van der Waals surface area contributed by atoms with Gasteiger partial charge in [-0.3, -0.25) is 0 Å². The van der Waals surface area contributed by atoms with E-state index in [2.05, 4.69) is 25.7 Å². The van der Waals surface area contributed by atoms with Crippen LogP contribution < -0.4 is 0 Å². The summed E-state index contributed by atoms with van der Waals surface area (Å²) in [7, 11) is 1.48. The summed E-state index contributed by atoms with van der Waals surface area (Å²) in [4.78, 5) is 2.79. The molecule has 0 bridgehead atoms. The van der Waals surface area contributed by atoms with Gasteiger partial charge in [-0.15, -0.1) is 0 Å². The largest absolute Gasteiger partial charge is 0.507 e. The molecule has 0 fully saturated rings. The summed E-state index contributed by atoms with van der Waals surface area (Å²) in [6.07, 6.45) is 25.7. The molecule has 210 valence electrons. The molecule has 0 saturated carbocycles. The Morgan fingerprint density at radius 1 is 0.639 bits per heavy atom. The second-order valence-electron chi connectivity index (χ2n) is 10.2. The van der Waals surface area contributed by atoms with Crippen molar-refractivity contribution in [1.82, 2.24) is 4.90 Å². The van der Waals surface area contributed by atoms with E-state index in [1.807, 2.05) is 0 Å². The molecule has 0 aliphatic carbocycles. The van der Waals surface area contributed by atoms with E-state index in [-0.39, 0.29) is 5.75 Å². The van der Waals surface area contributed by atoms with Crippen LogP contribution in [0.5, 0.6) is 5.75 Å². The molecule has 0 spiro atoms. The molecule has 0 atom stereocenters. The monoisotopic (exact) mass is 521 g/mol. The first-order chi connectivity index (χ1) is 17.6. The summed E-state index contributed by atoms with van der Waals surface area (Å²) in [5.41, 5.74) is 0.560. The van der Waals surface area contributed by atoms with E-state index in [0.717, 1.165) is 0 Å². The molecule has 0 saturated heterocycles. The second kappa shape index (κ2) is 26.9. The minimum atomic E-state index is 0.152. The van der Waals surface area contributed by atoms with E-state index in [9.17, 15) is 5.11 Å². The number of phenolic OH excluding ortho intramolecular Hbond substituents is 1. The molecule has 3 nitrogen and oxygen atoms in total. The van der Waals surface area contributed by atoms with Crippen LogP contribution in [0.4, 0.5) is 0 Å². The third kappa shape index (κ3) is 21.0. The number of methoxy groups -OCH3 is 1. The lowest BCUT2D eigenvalue weighted by atomic mass is 10.1. The predicted octanol–water partition coefficient (Wildman–Crippen LogP) is 10.1. The third-order valence-corrected chi connectivity index (χ3v) is 7.18. The van der Waals surface area contributed by atoms with Gasteiger partial charge in [0.25, 0.3) is 0 Å². The molecule has 0 amide bonds. The number of thiocarbonyl (C=S) groups is 1. The zero-order valence-electron chi connectivity index (χ0n) is 24.4. The lowest BCUT2D eigenvalue weighted by molar-refractivity contribution is 0.254. The Kier molecular flexibility index (Phi) is 26.1. The summed E-state index contributed by atoms with van der Waals surface area (Å²) in [6, 6.07) is 6.80. The number of ether oxygens (including phenoxy) is 1. The first-order valence-electron chi connectivity index (χ1n) is 15.2. The Labute approximate surface area is 230 Å². The topological polar surface area (TPSA) is 32.7 Å². The number of unbranched alkanes of at least 4 members (excludes halogenated alkanes) is 15. The van der Waals surface area contributed by atoms with Crippen molar-refractivity contribution < 1.29 is 9.84 Å². The lowest BCUT2D eigenvalue weighted by Gasteiger charge is -2.22. The first kappa shape index (κ1) is 34.9. The predicted molar refractivity (Wildman–Crippen MR) is 163 cm³/mol. The van der Waals surface area contributed by atoms with Gasteiger partial charge in [0.2, 0.25) is 0 Å². The van der Waals surface area contributed by atoms with E-state index in [4.69, 9.17) is 17.0 Å². The van der Waals surface area contributed by atoms with Crippen LogP contribution in [-0.4, -0.2) is 41.8 Å². The summed E-state index contributed by atoms with van der Waals surface area (Å²) >= 11 is 4.83. The van der Waals surface area contributed by atoms with Crippen molar-refractivity contribution in [3.05, 3.63) is 29.8 Å². The smallest absolute Gasteiger partial charge is 0.194 e. The number of hydrogen-bond acceptors (Lipinski definition) is 4. The zero-order chi connectivity index (χ0) is 26.7. The molecule has 4 heteroatoms. The summed E-state index contributed by atoms with van der Waals surface area (Å²) in [5.74, 6) is 0.152. The van der Waals surface area contributed by atoms with Crippen LogP contribution in [0.25, 0.3) is 0 Å². The van der Waals surface area contributed by atoms with Crippen LogP contribution in [0.2, 0.25) is 0 Å². The Morgan fingerprint density at radius 3 is 1.36 bits per heavy atom. The zero-order valence-corrected chi connectivity index (χ0v) is 25.2. The molecular formula is C32H59NO2S. The number of benzene rings is 1. The number of para-hydroxylation sites is 1. The Morgan fingerprint density at radius 2 is 1.00 bits per heavy atom. The third-order valence-electron chi connectivity index (χ3n) is 6.79. The minimum absolute atomic E-state index is 0.152. The molecule has 0 aromatic heterocycles. The summed E-state index contributed by atoms with van der Waals surface area (Å²) < 4.78 is 4.79. The van der Waals surface area contributed by atoms with Gasteiger partial charge in [0, 0.05) is 0 Å². The SMILES string of the molecule is CCCCCCCCN(CCCCCCCC)CCCCCCCC.COC(=S)c1ccccc1O. The van der Waals surface area contributed by atoms with Gasteiger partial charge in [-0.05, 0) is 63.2 Å². The molecule has 1 rings (SSSR count). The van der Waals surface area contributed by atoms with Crippen molar-refractivity contribution in [3.8, 4) is 5.75 Å². The minimum Gasteiger partial charge on any atom is -0.507 e. The lowest BCUT2D eigenvalue weighted by Crippen LogP contribution is -2.27. The maximum atomic E-state index is 9.24. The highest BCUT2D eigenvalue weighted by atomic mass is 32.1. The van der Waals surface area contributed by atoms with Gasteiger partial charge >= 0.3 is 0 Å². The Bertz CT molecular complexity index is 570. The Balaban J connectivity index is 0.000000918. The van der Waals surface area contributed by atoms with Crippen molar-refractivity contribution in [3.63, 3.8) is 0 Å². The fraction of sp³-hybridized carbons (Fsp3) is 0.781. The number of hydrogen-bond donors (Lipinski definition) is 1. The van der Waals surface area contributed by atoms with Crippen molar-refractivity contribution in [2.75, 3.05) is 26.7 Å². The van der Waals surface area contributed by atoms with Gasteiger partial charge in [0.05, 0.1) is 12.7 Å². The van der Waals surface area contributed by atoms with Crippen molar-refractivity contribution in [2.24, 2.45) is 0 Å². The standard InChI is InChI=1S/C24H51N.C8H8O2S/c1-4-7-10-13-16-19-22-25(23-20-17-14-11-8-5-2)24-21-18-15-12-9-6-3;1-10-8(11)6-4-2-3-5-7(6)9/h4-24H2,1-3H3;2-5,9H,1H3. The number of nitrogens with zero attached hydrogens (tertiary/aromatic N) is 1. The van der Waals surface area contributed by atoms with Crippen LogP contribution in [-0.2, 0) is 4.74 Å². The van der Waals surface area contributed by atoms with E-state index in [1.54, 1.807) is 24.3 Å². The number of aromatic hydroxyl groups is 1. The van der Waals surface area contributed by atoms with Crippen LogP contribution in [0.3, 0.4) is 0 Å².